The number of ether oxygens (including phenoxy) is 1. The second-order valence-corrected chi connectivity index (χ2v) is 10.9. The number of urea groups is 1. The average Bonchev–Trinajstić information content (AvgIpc) is 3.58. The zero-order valence-corrected chi connectivity index (χ0v) is 24.6. The van der Waals surface area contributed by atoms with Crippen molar-refractivity contribution in [1.29, 1.82) is 0 Å². The Morgan fingerprint density at radius 1 is 1.09 bits per heavy atom. The second-order valence-electron chi connectivity index (χ2n) is 9.96. The lowest BCUT2D eigenvalue weighted by Crippen LogP contribution is -2.31. The lowest BCUT2D eigenvalue weighted by atomic mass is 9.99. The third-order valence-corrected chi connectivity index (χ3v) is 7.23. The highest BCUT2D eigenvalue weighted by Gasteiger charge is 2.33. The second kappa shape index (κ2) is 12.7. The van der Waals surface area contributed by atoms with E-state index in [1.807, 2.05) is 39.0 Å². The van der Waals surface area contributed by atoms with Crippen LogP contribution < -0.4 is 15.0 Å². The minimum absolute atomic E-state index is 0.143. The molecule has 4 aromatic rings. The molecule has 5 rings (SSSR count). The van der Waals surface area contributed by atoms with E-state index in [0.717, 1.165) is 16.8 Å². The zero-order chi connectivity index (χ0) is 31.4. The number of nitrogens with zero attached hydrogens (tertiary/aromatic N) is 6. The third kappa shape index (κ3) is 7.50. The van der Waals surface area contributed by atoms with E-state index in [-0.39, 0.29) is 29.1 Å². The minimum atomic E-state index is -4.77. The van der Waals surface area contributed by atoms with E-state index in [2.05, 4.69) is 30.1 Å². The van der Waals surface area contributed by atoms with Crippen LogP contribution in [0.1, 0.15) is 42.3 Å². The lowest BCUT2D eigenvalue weighted by Gasteiger charge is -2.22. The summed E-state index contributed by atoms with van der Waals surface area (Å²) in [4.78, 5) is 39.6. The Balaban J connectivity index is 1.22. The van der Waals surface area contributed by atoms with Crippen LogP contribution in [-0.4, -0.2) is 49.0 Å². The number of aliphatic imine (C=N–C) groups is 1. The summed E-state index contributed by atoms with van der Waals surface area (Å²) in [5, 5.41) is 7.23. The molecule has 1 aliphatic rings. The fourth-order valence-corrected chi connectivity index (χ4v) is 5.13. The van der Waals surface area contributed by atoms with Crippen molar-refractivity contribution in [3.05, 3.63) is 89.6 Å². The number of amidine groups is 1. The van der Waals surface area contributed by atoms with E-state index in [4.69, 9.17) is 0 Å². The third-order valence-electron chi connectivity index (χ3n) is 6.30. The molecule has 44 heavy (non-hydrogen) atoms. The molecule has 1 saturated heterocycles. The molecule has 0 bridgehead atoms. The largest absolute Gasteiger partial charge is 0.573 e. The molecule has 0 unspecified atom stereocenters. The molecule has 0 saturated carbocycles. The normalized spacial score (nSPS) is 14.7. The number of rotatable bonds is 7. The van der Waals surface area contributed by atoms with Crippen LogP contribution in [0.15, 0.2) is 72.1 Å². The van der Waals surface area contributed by atoms with Gasteiger partial charge in [-0.2, -0.15) is 4.99 Å². The van der Waals surface area contributed by atoms with Crippen molar-refractivity contribution in [2.24, 2.45) is 4.99 Å². The van der Waals surface area contributed by atoms with Gasteiger partial charge < -0.3 is 4.74 Å². The summed E-state index contributed by atoms with van der Waals surface area (Å²) >= 11 is 1.20. The van der Waals surface area contributed by atoms with Gasteiger partial charge in [0.25, 0.3) is 0 Å². The minimum Gasteiger partial charge on any atom is -0.406 e. The first-order valence-corrected chi connectivity index (χ1v) is 14.3. The van der Waals surface area contributed by atoms with E-state index < -0.39 is 12.4 Å². The zero-order valence-electron chi connectivity index (χ0n) is 23.7. The van der Waals surface area contributed by atoms with Crippen molar-refractivity contribution in [2.45, 2.75) is 33.1 Å². The molecule has 0 aliphatic carbocycles. The van der Waals surface area contributed by atoms with Gasteiger partial charge in [-0.15, -0.1) is 18.3 Å². The summed E-state index contributed by atoms with van der Waals surface area (Å²) in [6.07, 6.45) is 1.55. The fourth-order valence-electron chi connectivity index (χ4n) is 4.27. The number of anilines is 2. The van der Waals surface area contributed by atoms with E-state index in [9.17, 15) is 22.8 Å². The number of benzene rings is 2. The average molecular weight is 622 g/mol. The highest BCUT2D eigenvalue weighted by Crippen LogP contribution is 2.34. The van der Waals surface area contributed by atoms with Crippen molar-refractivity contribution < 1.29 is 27.5 Å². The van der Waals surface area contributed by atoms with Crippen molar-refractivity contribution in [2.75, 3.05) is 16.0 Å². The number of aryl methyl sites for hydroxylation is 1. The molecule has 14 heteroatoms. The fraction of sp³-hybridized carbons (Fsp3) is 0.200. The maximum atomic E-state index is 12.8. The van der Waals surface area contributed by atoms with Crippen LogP contribution in [0.5, 0.6) is 5.75 Å². The van der Waals surface area contributed by atoms with E-state index >= 15 is 0 Å². The van der Waals surface area contributed by atoms with Crippen LogP contribution in [0.3, 0.4) is 0 Å². The number of nitrogens with one attached hydrogen (secondary N) is 1. The lowest BCUT2D eigenvalue weighted by molar-refractivity contribution is -0.274. The molecule has 1 fully saturated rings. The summed E-state index contributed by atoms with van der Waals surface area (Å²) in [6.45, 7) is 6.03. The quantitative estimate of drug-likeness (QED) is 0.241. The van der Waals surface area contributed by atoms with Crippen LogP contribution in [0.25, 0.3) is 17.8 Å². The number of thioether (sulfide) groups is 1. The summed E-state index contributed by atoms with van der Waals surface area (Å²) < 4.78 is 42.4. The van der Waals surface area contributed by atoms with Crippen molar-refractivity contribution in [3.8, 4) is 11.4 Å². The van der Waals surface area contributed by atoms with Crippen LogP contribution in [0.2, 0.25) is 0 Å². The van der Waals surface area contributed by atoms with Gasteiger partial charge in [0.15, 0.2) is 11.0 Å². The van der Waals surface area contributed by atoms with Gasteiger partial charge in [0.1, 0.15) is 17.9 Å². The summed E-state index contributed by atoms with van der Waals surface area (Å²) in [5.41, 5.74) is 3.90. The first kappa shape index (κ1) is 30.5. The van der Waals surface area contributed by atoms with E-state index in [1.54, 1.807) is 24.3 Å². The Kier molecular flexibility index (Phi) is 8.81. The summed E-state index contributed by atoms with van der Waals surface area (Å²) in [5.74, 6) is 0.513. The molecule has 0 atom stereocenters. The Hall–Kier alpha value is -4.98. The molecular weight excluding hydrogens is 595 g/mol. The number of hydrogen-bond acceptors (Lipinski definition) is 7. The Morgan fingerprint density at radius 2 is 1.86 bits per heavy atom. The topological polar surface area (TPSA) is 115 Å². The highest BCUT2D eigenvalue weighted by molar-refractivity contribution is 8.15. The van der Waals surface area contributed by atoms with Crippen molar-refractivity contribution in [1.82, 2.24) is 19.7 Å². The van der Waals surface area contributed by atoms with Gasteiger partial charge in [-0.25, -0.2) is 19.4 Å². The van der Waals surface area contributed by atoms with Gasteiger partial charge in [-0.1, -0.05) is 37.7 Å². The van der Waals surface area contributed by atoms with Gasteiger partial charge in [0, 0.05) is 6.20 Å². The number of carbonyl (C=O) groups excluding carboxylic acids is 2. The van der Waals surface area contributed by atoms with Crippen LogP contribution in [-0.2, 0) is 4.79 Å². The van der Waals surface area contributed by atoms with E-state index in [1.165, 1.54) is 58.1 Å². The predicted molar refractivity (Wildman–Crippen MR) is 163 cm³/mol. The number of amides is 3. The SMILES string of the molecule is Cc1ccc(C(C)C)c(N2C(=O)CSC2=NC(=O)Nc2ccc(C=Cc3ncn(-c4ccc(OC(F)(F)F)cc4)n3)cn2)c1. The molecular formula is C30H26F3N7O3S. The van der Waals surface area contributed by atoms with Crippen LogP contribution >= 0.6 is 11.8 Å². The van der Waals surface area contributed by atoms with Gasteiger partial charge >= 0.3 is 12.4 Å². The van der Waals surface area contributed by atoms with Gasteiger partial charge in [0.2, 0.25) is 5.91 Å². The Morgan fingerprint density at radius 3 is 2.55 bits per heavy atom. The number of halogens is 3. The van der Waals surface area contributed by atoms with E-state index in [0.29, 0.717) is 22.2 Å². The number of carbonyl (C=O) groups is 2. The Bertz CT molecular complexity index is 1730. The first-order valence-electron chi connectivity index (χ1n) is 13.3. The molecule has 10 nitrogen and oxygen atoms in total. The summed E-state index contributed by atoms with van der Waals surface area (Å²) in [7, 11) is 0. The molecule has 0 spiro atoms. The molecule has 1 aliphatic heterocycles. The predicted octanol–water partition coefficient (Wildman–Crippen LogP) is 6.83. The van der Waals surface area contributed by atoms with Crippen LogP contribution in [0, 0.1) is 6.92 Å². The highest BCUT2D eigenvalue weighted by atomic mass is 32.2. The molecule has 0 radical (unpaired) electrons. The van der Waals surface area contributed by atoms with Gasteiger partial charge in [-0.05, 0) is 84.1 Å². The standard InChI is InChI=1S/C30H26F3N7O3S/c1-18(2)23-11-4-19(3)14-24(23)40-27(41)16-44-29(40)37-28(42)36-25-12-5-20(15-34-25)6-13-26-35-17-39(38-26)21-7-9-22(10-8-21)43-30(31,32)33/h4-15,17-18H,16H2,1-3H3,(H,34,36,42). The molecule has 3 heterocycles. The maximum Gasteiger partial charge on any atom is 0.573 e. The van der Waals surface area contributed by atoms with Crippen LogP contribution in [0.4, 0.5) is 29.5 Å². The number of alkyl halides is 3. The monoisotopic (exact) mass is 621 g/mol. The number of pyridine rings is 1. The Labute approximate surface area is 254 Å². The number of hydrogen-bond donors (Lipinski definition) is 1. The first-order chi connectivity index (χ1) is 20.9. The molecule has 2 aromatic carbocycles. The molecule has 1 N–H and O–H groups in total. The van der Waals surface area contributed by atoms with Crippen molar-refractivity contribution >= 4 is 52.5 Å². The van der Waals surface area contributed by atoms with Gasteiger partial charge in [0.05, 0.1) is 17.1 Å². The number of aromatic nitrogens is 4. The van der Waals surface area contributed by atoms with Crippen molar-refractivity contribution in [3.63, 3.8) is 0 Å². The van der Waals surface area contributed by atoms with Gasteiger partial charge in [-0.3, -0.25) is 15.0 Å². The smallest absolute Gasteiger partial charge is 0.406 e. The summed E-state index contributed by atoms with van der Waals surface area (Å²) in [6, 6.07) is 13.8. The maximum absolute atomic E-state index is 12.8. The molecule has 226 valence electrons. The molecule has 2 aromatic heterocycles. The molecule has 3 amide bonds.